The molecule has 16 heavy (non-hydrogen) atoms. The fourth-order valence-corrected chi connectivity index (χ4v) is 4.39. The zero-order valence-electron chi connectivity index (χ0n) is 10.9. The van der Waals surface area contributed by atoms with Gasteiger partial charge in [-0.1, -0.05) is 68.5 Å². The van der Waals surface area contributed by atoms with Gasteiger partial charge in [-0.05, 0) is 17.5 Å². The van der Waals surface area contributed by atoms with Crippen molar-refractivity contribution in [1.29, 1.82) is 0 Å². The lowest BCUT2D eigenvalue weighted by atomic mass is 9.97. The van der Waals surface area contributed by atoms with Crippen LogP contribution in [0.5, 0.6) is 0 Å². The Hall–Kier alpha value is -0.823. The van der Waals surface area contributed by atoms with Gasteiger partial charge in [0.2, 0.25) is 0 Å². The van der Waals surface area contributed by atoms with E-state index >= 15 is 0 Å². The number of hydrogen-bond acceptors (Lipinski definition) is 0. The molecule has 0 aromatic heterocycles. The summed E-state index contributed by atoms with van der Waals surface area (Å²) in [5, 5.41) is 1.67. The average molecular weight is 230 g/mol. The van der Waals surface area contributed by atoms with Crippen LogP contribution in [-0.2, 0) is 0 Å². The SMILES string of the molecule is CCCC1C=C([Si](C)(C)C)c2ccccc21. The highest BCUT2D eigenvalue weighted by molar-refractivity contribution is 6.93. The summed E-state index contributed by atoms with van der Waals surface area (Å²) in [6.45, 7) is 9.63. The van der Waals surface area contributed by atoms with Gasteiger partial charge < -0.3 is 0 Å². The Balaban J connectivity index is 2.45. The third-order valence-electron chi connectivity index (χ3n) is 3.43. The molecule has 0 nitrogen and oxygen atoms in total. The molecular formula is C15H22Si. The molecule has 0 saturated heterocycles. The van der Waals surface area contributed by atoms with Crippen molar-refractivity contribution in [3.05, 3.63) is 41.5 Å². The van der Waals surface area contributed by atoms with E-state index in [1.165, 1.54) is 12.8 Å². The van der Waals surface area contributed by atoms with Gasteiger partial charge in [-0.25, -0.2) is 0 Å². The summed E-state index contributed by atoms with van der Waals surface area (Å²) in [4.78, 5) is 0. The smallest absolute Gasteiger partial charge is 0.0771 e. The first-order valence-corrected chi connectivity index (χ1v) is 9.85. The molecule has 2 rings (SSSR count). The summed E-state index contributed by atoms with van der Waals surface area (Å²) >= 11 is 0. The molecule has 0 radical (unpaired) electrons. The fourth-order valence-electron chi connectivity index (χ4n) is 2.65. The monoisotopic (exact) mass is 230 g/mol. The molecule has 0 saturated carbocycles. The van der Waals surface area contributed by atoms with Crippen LogP contribution in [0.15, 0.2) is 30.3 Å². The molecule has 1 heteroatoms. The van der Waals surface area contributed by atoms with E-state index in [1.54, 1.807) is 16.3 Å². The van der Waals surface area contributed by atoms with Gasteiger partial charge in [0.25, 0.3) is 0 Å². The standard InChI is InChI=1S/C15H22Si/c1-5-8-12-11-15(16(2,3)4)14-10-7-6-9-13(12)14/h6-7,9-12H,5,8H2,1-4H3. The number of hydrogen-bond donors (Lipinski definition) is 0. The zero-order valence-corrected chi connectivity index (χ0v) is 11.9. The van der Waals surface area contributed by atoms with E-state index in [4.69, 9.17) is 0 Å². The minimum absolute atomic E-state index is 0.683. The van der Waals surface area contributed by atoms with Gasteiger partial charge in [0, 0.05) is 5.92 Å². The molecular weight excluding hydrogens is 208 g/mol. The predicted molar refractivity (Wildman–Crippen MR) is 75.4 cm³/mol. The lowest BCUT2D eigenvalue weighted by molar-refractivity contribution is 0.725. The maximum atomic E-state index is 2.56. The van der Waals surface area contributed by atoms with Gasteiger partial charge in [-0.15, -0.1) is 0 Å². The van der Waals surface area contributed by atoms with Crippen LogP contribution in [0.3, 0.4) is 0 Å². The van der Waals surface area contributed by atoms with Crippen molar-refractivity contribution in [3.8, 4) is 0 Å². The van der Waals surface area contributed by atoms with E-state index in [0.29, 0.717) is 5.92 Å². The summed E-state index contributed by atoms with van der Waals surface area (Å²) in [6.07, 6.45) is 5.12. The topological polar surface area (TPSA) is 0 Å². The van der Waals surface area contributed by atoms with Gasteiger partial charge in [-0.2, -0.15) is 0 Å². The highest BCUT2D eigenvalue weighted by Gasteiger charge is 2.30. The summed E-state index contributed by atoms with van der Waals surface area (Å²) in [5.74, 6) is 0.683. The van der Waals surface area contributed by atoms with Crippen LogP contribution >= 0.6 is 0 Å². The second-order valence-corrected chi connectivity index (χ2v) is 10.9. The van der Waals surface area contributed by atoms with Crippen LogP contribution in [0.25, 0.3) is 5.20 Å². The van der Waals surface area contributed by atoms with E-state index in [1.807, 2.05) is 0 Å². The molecule has 0 N–H and O–H groups in total. The third kappa shape index (κ3) is 2.01. The molecule has 1 aromatic rings. The summed E-state index contributed by atoms with van der Waals surface area (Å²) in [6, 6.07) is 9.00. The van der Waals surface area contributed by atoms with E-state index in [0.717, 1.165) is 0 Å². The zero-order chi connectivity index (χ0) is 11.8. The van der Waals surface area contributed by atoms with Gasteiger partial charge in [0.15, 0.2) is 0 Å². The van der Waals surface area contributed by atoms with Crippen molar-refractivity contribution in [1.82, 2.24) is 0 Å². The number of fused-ring (bicyclic) bond motifs is 1. The Morgan fingerprint density at radius 1 is 1.12 bits per heavy atom. The first-order valence-electron chi connectivity index (χ1n) is 6.35. The molecule has 1 aliphatic rings. The molecule has 0 spiro atoms. The minimum Gasteiger partial charge on any atom is -0.0771 e. The van der Waals surface area contributed by atoms with Crippen LogP contribution < -0.4 is 0 Å². The maximum absolute atomic E-state index is 2.56. The Morgan fingerprint density at radius 3 is 2.44 bits per heavy atom. The van der Waals surface area contributed by atoms with Crippen molar-refractivity contribution in [2.75, 3.05) is 0 Å². The molecule has 1 atom stereocenters. The van der Waals surface area contributed by atoms with Crippen LogP contribution in [0.1, 0.15) is 36.8 Å². The number of benzene rings is 1. The first kappa shape index (κ1) is 11.7. The van der Waals surface area contributed by atoms with Crippen molar-refractivity contribution >= 4 is 13.3 Å². The van der Waals surface area contributed by atoms with E-state index in [9.17, 15) is 0 Å². The van der Waals surface area contributed by atoms with Gasteiger partial charge in [-0.3, -0.25) is 0 Å². The highest BCUT2D eigenvalue weighted by Crippen LogP contribution is 2.42. The predicted octanol–water partition coefficient (Wildman–Crippen LogP) is 4.84. The van der Waals surface area contributed by atoms with E-state index < -0.39 is 8.07 Å². The first-order chi connectivity index (χ1) is 7.54. The van der Waals surface area contributed by atoms with Gasteiger partial charge in [0.1, 0.15) is 0 Å². The number of rotatable bonds is 3. The third-order valence-corrected chi connectivity index (χ3v) is 5.48. The second kappa shape index (κ2) is 4.21. The molecule has 0 amide bonds. The molecule has 0 heterocycles. The van der Waals surface area contributed by atoms with Crippen molar-refractivity contribution in [2.45, 2.75) is 45.3 Å². The molecule has 0 fully saturated rings. The van der Waals surface area contributed by atoms with Crippen molar-refractivity contribution in [2.24, 2.45) is 0 Å². The van der Waals surface area contributed by atoms with Crippen LogP contribution in [0.4, 0.5) is 0 Å². The average Bonchev–Trinajstić information content (AvgIpc) is 2.58. The summed E-state index contributed by atoms with van der Waals surface area (Å²) < 4.78 is 0. The Kier molecular flexibility index (Phi) is 3.07. The fraction of sp³-hybridized carbons (Fsp3) is 0.467. The van der Waals surface area contributed by atoms with Crippen molar-refractivity contribution in [3.63, 3.8) is 0 Å². The normalized spacial score (nSPS) is 19.5. The maximum Gasteiger partial charge on any atom is 0.0780 e. The van der Waals surface area contributed by atoms with Gasteiger partial charge in [0.05, 0.1) is 8.07 Å². The molecule has 0 aliphatic heterocycles. The quantitative estimate of drug-likeness (QED) is 0.651. The lowest BCUT2D eigenvalue weighted by Gasteiger charge is -2.19. The van der Waals surface area contributed by atoms with Crippen LogP contribution in [0.2, 0.25) is 19.6 Å². The van der Waals surface area contributed by atoms with Gasteiger partial charge >= 0.3 is 0 Å². The Labute approximate surface area is 100 Å². The molecule has 0 bridgehead atoms. The largest absolute Gasteiger partial charge is 0.0780 e. The Bertz CT molecular complexity index is 410. The second-order valence-electron chi connectivity index (χ2n) is 5.81. The molecule has 1 unspecified atom stereocenters. The van der Waals surface area contributed by atoms with Crippen LogP contribution in [-0.4, -0.2) is 8.07 Å². The van der Waals surface area contributed by atoms with E-state index in [2.05, 4.69) is 56.9 Å². The van der Waals surface area contributed by atoms with E-state index in [-0.39, 0.29) is 0 Å². The van der Waals surface area contributed by atoms with Crippen LogP contribution in [0, 0.1) is 0 Å². The summed E-state index contributed by atoms with van der Waals surface area (Å²) in [7, 11) is -1.19. The highest BCUT2D eigenvalue weighted by atomic mass is 28.3. The molecule has 86 valence electrons. The minimum atomic E-state index is -1.19. The molecule has 1 aliphatic carbocycles. The Morgan fingerprint density at radius 2 is 1.81 bits per heavy atom. The summed E-state index contributed by atoms with van der Waals surface area (Å²) in [5.41, 5.74) is 3.11. The molecule has 1 aromatic carbocycles. The lowest BCUT2D eigenvalue weighted by Crippen LogP contribution is -2.21. The number of allylic oxidation sites excluding steroid dienone is 1. The van der Waals surface area contributed by atoms with Crippen molar-refractivity contribution < 1.29 is 0 Å².